The Balaban J connectivity index is 1.82. The summed E-state index contributed by atoms with van der Waals surface area (Å²) >= 11 is 0. The van der Waals surface area contributed by atoms with Crippen molar-refractivity contribution in [3.8, 4) is 5.75 Å². The molecular formula is C21H22N2O7. The number of amides is 2. The van der Waals surface area contributed by atoms with Crippen LogP contribution in [-0.4, -0.2) is 45.3 Å². The SMILES string of the molecule is COC(=O)CC[C@H](NC(=O)Nc1cc2c(cc1OC)oc1ccccc12)C(=O)OC. The van der Waals surface area contributed by atoms with E-state index in [1.807, 2.05) is 24.3 Å². The first-order chi connectivity index (χ1) is 14.5. The zero-order valence-corrected chi connectivity index (χ0v) is 16.8. The van der Waals surface area contributed by atoms with Crippen LogP contribution in [0, 0.1) is 0 Å². The fourth-order valence-electron chi connectivity index (χ4n) is 3.09. The molecule has 0 aliphatic rings. The molecule has 0 spiro atoms. The van der Waals surface area contributed by atoms with Crippen LogP contribution in [-0.2, 0) is 19.1 Å². The number of anilines is 1. The molecule has 0 fully saturated rings. The van der Waals surface area contributed by atoms with Crippen molar-refractivity contribution < 1.29 is 33.0 Å². The van der Waals surface area contributed by atoms with Crippen molar-refractivity contribution in [1.29, 1.82) is 0 Å². The molecule has 0 bridgehead atoms. The zero-order chi connectivity index (χ0) is 21.7. The first kappa shape index (κ1) is 21.0. The van der Waals surface area contributed by atoms with Gasteiger partial charge in [-0.15, -0.1) is 0 Å². The topological polar surface area (TPSA) is 116 Å². The minimum atomic E-state index is -1.02. The Bertz CT molecular complexity index is 1090. The monoisotopic (exact) mass is 414 g/mol. The van der Waals surface area contributed by atoms with E-state index in [-0.39, 0.29) is 12.8 Å². The van der Waals surface area contributed by atoms with Crippen LogP contribution >= 0.6 is 0 Å². The molecule has 3 aromatic rings. The summed E-state index contributed by atoms with van der Waals surface area (Å²) in [7, 11) is 3.92. The van der Waals surface area contributed by atoms with Gasteiger partial charge in [-0.3, -0.25) is 4.79 Å². The first-order valence-electron chi connectivity index (χ1n) is 9.18. The molecule has 30 heavy (non-hydrogen) atoms. The van der Waals surface area contributed by atoms with Crippen LogP contribution in [0.15, 0.2) is 40.8 Å². The Kier molecular flexibility index (Phi) is 6.41. The Morgan fingerprint density at radius 3 is 2.47 bits per heavy atom. The van der Waals surface area contributed by atoms with Crippen LogP contribution < -0.4 is 15.4 Å². The second-order valence-corrected chi connectivity index (χ2v) is 6.44. The summed E-state index contributed by atoms with van der Waals surface area (Å²) in [5, 5.41) is 6.89. The third kappa shape index (κ3) is 4.45. The fourth-order valence-corrected chi connectivity index (χ4v) is 3.09. The van der Waals surface area contributed by atoms with Gasteiger partial charge in [-0.2, -0.15) is 0 Å². The minimum absolute atomic E-state index is 0.0370. The van der Waals surface area contributed by atoms with E-state index >= 15 is 0 Å². The molecule has 0 saturated heterocycles. The number of benzene rings is 2. The number of carbonyl (C=O) groups excluding carboxylic acids is 3. The average molecular weight is 414 g/mol. The van der Waals surface area contributed by atoms with Crippen LogP contribution in [0.3, 0.4) is 0 Å². The van der Waals surface area contributed by atoms with Crippen molar-refractivity contribution in [1.82, 2.24) is 5.32 Å². The highest BCUT2D eigenvalue weighted by Gasteiger charge is 2.23. The molecule has 9 nitrogen and oxygen atoms in total. The quantitative estimate of drug-likeness (QED) is 0.570. The number of furan rings is 1. The lowest BCUT2D eigenvalue weighted by atomic mass is 10.1. The lowest BCUT2D eigenvalue weighted by Gasteiger charge is -2.17. The highest BCUT2D eigenvalue weighted by Crippen LogP contribution is 2.36. The summed E-state index contributed by atoms with van der Waals surface area (Å²) in [5.74, 6) is -0.775. The van der Waals surface area contributed by atoms with Gasteiger partial charge in [0.25, 0.3) is 0 Å². The van der Waals surface area contributed by atoms with Crippen LogP contribution in [0.4, 0.5) is 10.5 Å². The smallest absolute Gasteiger partial charge is 0.328 e. The number of nitrogens with one attached hydrogen (secondary N) is 2. The number of hydrogen-bond acceptors (Lipinski definition) is 7. The van der Waals surface area contributed by atoms with E-state index < -0.39 is 24.0 Å². The van der Waals surface area contributed by atoms with Gasteiger partial charge in [0, 0.05) is 23.3 Å². The van der Waals surface area contributed by atoms with E-state index in [1.165, 1.54) is 21.3 Å². The molecule has 1 aromatic heterocycles. The molecule has 2 aromatic carbocycles. The largest absolute Gasteiger partial charge is 0.494 e. The predicted molar refractivity (Wildman–Crippen MR) is 109 cm³/mol. The molecule has 3 rings (SSSR count). The molecule has 0 unspecified atom stereocenters. The van der Waals surface area contributed by atoms with E-state index in [4.69, 9.17) is 13.9 Å². The Morgan fingerprint density at radius 2 is 1.77 bits per heavy atom. The average Bonchev–Trinajstić information content (AvgIpc) is 3.12. The number of rotatable bonds is 7. The van der Waals surface area contributed by atoms with Gasteiger partial charge >= 0.3 is 18.0 Å². The van der Waals surface area contributed by atoms with Crippen LogP contribution in [0.5, 0.6) is 5.75 Å². The van der Waals surface area contributed by atoms with Gasteiger partial charge in [-0.1, -0.05) is 18.2 Å². The maximum Gasteiger partial charge on any atom is 0.328 e. The zero-order valence-electron chi connectivity index (χ0n) is 16.8. The normalized spacial score (nSPS) is 11.7. The Hall–Kier alpha value is -3.75. The lowest BCUT2D eigenvalue weighted by Crippen LogP contribution is -2.44. The third-order valence-electron chi connectivity index (χ3n) is 4.60. The van der Waals surface area contributed by atoms with Gasteiger partial charge in [0.1, 0.15) is 23.0 Å². The molecule has 0 aliphatic carbocycles. The van der Waals surface area contributed by atoms with Gasteiger partial charge < -0.3 is 29.3 Å². The summed E-state index contributed by atoms with van der Waals surface area (Å²) in [6.45, 7) is 0. The number of hydrogen-bond donors (Lipinski definition) is 2. The minimum Gasteiger partial charge on any atom is -0.494 e. The maximum absolute atomic E-state index is 12.5. The second kappa shape index (κ2) is 9.17. The van der Waals surface area contributed by atoms with Crippen molar-refractivity contribution in [3.63, 3.8) is 0 Å². The first-order valence-corrected chi connectivity index (χ1v) is 9.18. The van der Waals surface area contributed by atoms with Crippen molar-refractivity contribution in [2.45, 2.75) is 18.9 Å². The number of esters is 2. The number of fused-ring (bicyclic) bond motifs is 3. The number of urea groups is 1. The summed E-state index contributed by atoms with van der Waals surface area (Å²) in [6.07, 6.45) is -0.0118. The van der Waals surface area contributed by atoms with Gasteiger partial charge in [-0.25, -0.2) is 9.59 Å². The van der Waals surface area contributed by atoms with Gasteiger partial charge in [0.05, 0.1) is 27.0 Å². The third-order valence-corrected chi connectivity index (χ3v) is 4.60. The molecule has 0 saturated carbocycles. The predicted octanol–water partition coefficient (Wildman–Crippen LogP) is 3.21. The molecule has 158 valence electrons. The van der Waals surface area contributed by atoms with Crippen molar-refractivity contribution in [2.24, 2.45) is 0 Å². The number of carbonyl (C=O) groups is 3. The molecule has 2 N–H and O–H groups in total. The molecule has 9 heteroatoms. The molecular weight excluding hydrogens is 392 g/mol. The van der Waals surface area contributed by atoms with Crippen LogP contribution in [0.1, 0.15) is 12.8 Å². The maximum atomic E-state index is 12.5. The number of para-hydroxylation sites is 1. The molecule has 1 heterocycles. The Labute approximate surface area is 172 Å². The summed E-state index contributed by atoms with van der Waals surface area (Å²) < 4.78 is 20.4. The van der Waals surface area contributed by atoms with Gasteiger partial charge in [-0.05, 0) is 18.6 Å². The molecule has 2 amide bonds. The lowest BCUT2D eigenvalue weighted by molar-refractivity contribution is -0.144. The van der Waals surface area contributed by atoms with Crippen molar-refractivity contribution in [2.75, 3.05) is 26.6 Å². The highest BCUT2D eigenvalue weighted by atomic mass is 16.5. The van der Waals surface area contributed by atoms with Crippen LogP contribution in [0.25, 0.3) is 21.9 Å². The molecule has 1 atom stereocenters. The van der Waals surface area contributed by atoms with Crippen molar-refractivity contribution in [3.05, 3.63) is 36.4 Å². The second-order valence-electron chi connectivity index (χ2n) is 6.44. The van der Waals surface area contributed by atoms with E-state index in [0.717, 1.165) is 10.8 Å². The Morgan fingerprint density at radius 1 is 1.00 bits per heavy atom. The van der Waals surface area contributed by atoms with Gasteiger partial charge in [0.2, 0.25) is 0 Å². The highest BCUT2D eigenvalue weighted by molar-refractivity contribution is 6.08. The summed E-state index contributed by atoms with van der Waals surface area (Å²) in [5.41, 5.74) is 1.72. The number of methoxy groups -OCH3 is 3. The standard InChI is InChI=1S/C21H22N2O7/c1-27-18-11-17-13(12-6-4-5-7-16(12)30-17)10-15(18)23-21(26)22-14(20(25)29-3)8-9-19(24)28-2/h4-7,10-11,14H,8-9H2,1-3H3,(H2,22,23,26)/t14-/m0/s1. The van der Waals surface area contributed by atoms with Crippen molar-refractivity contribution >= 4 is 45.6 Å². The van der Waals surface area contributed by atoms with E-state index in [2.05, 4.69) is 15.4 Å². The summed E-state index contributed by atoms with van der Waals surface area (Å²) in [4.78, 5) is 35.9. The molecule has 0 aliphatic heterocycles. The van der Waals surface area contributed by atoms with E-state index in [0.29, 0.717) is 22.6 Å². The van der Waals surface area contributed by atoms with E-state index in [9.17, 15) is 14.4 Å². The van der Waals surface area contributed by atoms with Crippen LogP contribution in [0.2, 0.25) is 0 Å². The van der Waals surface area contributed by atoms with E-state index in [1.54, 1.807) is 12.1 Å². The fraction of sp³-hybridized carbons (Fsp3) is 0.286. The molecule has 0 radical (unpaired) electrons. The number of ether oxygens (including phenoxy) is 3. The van der Waals surface area contributed by atoms with Gasteiger partial charge in [0.15, 0.2) is 0 Å². The summed E-state index contributed by atoms with van der Waals surface area (Å²) in [6, 6.07) is 9.28.